The Balaban J connectivity index is 1.27. The maximum Gasteiger partial charge on any atom is 0.133 e. The third-order valence-corrected chi connectivity index (χ3v) is 5.98. The van der Waals surface area contributed by atoms with Crippen molar-refractivity contribution in [3.63, 3.8) is 0 Å². The van der Waals surface area contributed by atoms with Crippen molar-refractivity contribution in [2.75, 3.05) is 18.0 Å². The first-order valence-electron chi connectivity index (χ1n) is 10.8. The van der Waals surface area contributed by atoms with E-state index in [4.69, 9.17) is 9.47 Å². The van der Waals surface area contributed by atoms with Gasteiger partial charge in [-0.3, -0.25) is 0 Å². The Hall–Kier alpha value is -2.49. The summed E-state index contributed by atoms with van der Waals surface area (Å²) in [5.41, 5.74) is 2.38. The molecule has 0 radical (unpaired) electrons. The predicted octanol–water partition coefficient (Wildman–Crippen LogP) is 5.36. The fraction of sp³-hybridized carbons (Fsp3) is 0.480. The number of hydrogen-bond donors (Lipinski definition) is 0. The second-order valence-corrected chi connectivity index (χ2v) is 8.54. The highest BCUT2D eigenvalue weighted by Gasteiger charge is 2.29. The molecule has 4 nitrogen and oxygen atoms in total. The maximum atomic E-state index is 11.3. The standard InChI is InChI=1S/C25H31NO3/c1-18(14-19(2)27)20-10-12-23(13-11-20)29-25-16-26(17-25)21-6-5-9-24(15-21)28-22-7-3-4-8-22/h5-6,9-13,15,18,22,25H,3-4,7-8,14,16-17H2,1-2H3/t18-/m1/s1. The van der Waals surface area contributed by atoms with Gasteiger partial charge in [-0.1, -0.05) is 25.1 Å². The van der Waals surface area contributed by atoms with Gasteiger partial charge in [0.25, 0.3) is 0 Å². The van der Waals surface area contributed by atoms with Gasteiger partial charge in [0.05, 0.1) is 19.2 Å². The van der Waals surface area contributed by atoms with Crippen LogP contribution < -0.4 is 14.4 Å². The van der Waals surface area contributed by atoms with Crippen molar-refractivity contribution in [2.24, 2.45) is 0 Å². The lowest BCUT2D eigenvalue weighted by Gasteiger charge is -2.40. The number of carbonyl (C=O) groups excluding carboxylic acids is 1. The Bertz CT molecular complexity index is 820. The third kappa shape index (κ3) is 5.11. The highest BCUT2D eigenvalue weighted by molar-refractivity contribution is 5.76. The van der Waals surface area contributed by atoms with E-state index >= 15 is 0 Å². The lowest BCUT2D eigenvalue weighted by molar-refractivity contribution is -0.117. The van der Waals surface area contributed by atoms with Crippen LogP contribution >= 0.6 is 0 Å². The quantitative estimate of drug-likeness (QED) is 0.605. The molecule has 0 unspecified atom stereocenters. The molecule has 1 aliphatic heterocycles. The minimum atomic E-state index is 0.204. The molecule has 1 heterocycles. The van der Waals surface area contributed by atoms with Gasteiger partial charge in [-0.05, 0) is 68.4 Å². The average Bonchev–Trinajstić information content (AvgIpc) is 3.17. The van der Waals surface area contributed by atoms with Gasteiger partial charge in [-0.2, -0.15) is 0 Å². The molecule has 4 rings (SSSR count). The summed E-state index contributed by atoms with van der Waals surface area (Å²) in [6, 6.07) is 16.6. The molecule has 1 aliphatic carbocycles. The first kappa shape index (κ1) is 19.8. The van der Waals surface area contributed by atoms with Crippen LogP contribution in [0.15, 0.2) is 48.5 Å². The van der Waals surface area contributed by atoms with Crippen molar-refractivity contribution < 1.29 is 14.3 Å². The zero-order valence-corrected chi connectivity index (χ0v) is 17.5. The number of carbonyl (C=O) groups is 1. The summed E-state index contributed by atoms with van der Waals surface area (Å²) in [6.07, 6.45) is 6.10. The number of ketones is 1. The molecule has 154 valence electrons. The average molecular weight is 394 g/mol. The van der Waals surface area contributed by atoms with E-state index in [2.05, 4.69) is 48.2 Å². The molecule has 4 heteroatoms. The summed E-state index contributed by atoms with van der Waals surface area (Å²) in [5.74, 6) is 2.35. The molecule has 2 fully saturated rings. The molecule has 2 aliphatic rings. The first-order valence-corrected chi connectivity index (χ1v) is 10.8. The van der Waals surface area contributed by atoms with Crippen LogP contribution in [0.5, 0.6) is 11.5 Å². The van der Waals surface area contributed by atoms with E-state index in [0.717, 1.165) is 24.6 Å². The SMILES string of the molecule is CC(=O)C[C@@H](C)c1ccc(OC2CN(c3cccc(OC4CCCC4)c3)C2)cc1. The Morgan fingerprint density at radius 1 is 1.00 bits per heavy atom. The van der Waals surface area contributed by atoms with E-state index in [1.54, 1.807) is 6.92 Å². The van der Waals surface area contributed by atoms with Gasteiger partial charge in [0.15, 0.2) is 0 Å². The fourth-order valence-electron chi connectivity index (χ4n) is 4.29. The van der Waals surface area contributed by atoms with Gasteiger partial charge in [0.2, 0.25) is 0 Å². The second kappa shape index (κ2) is 8.89. The van der Waals surface area contributed by atoms with Crippen LogP contribution in [0.2, 0.25) is 0 Å². The van der Waals surface area contributed by atoms with Gasteiger partial charge in [-0.25, -0.2) is 0 Å². The van der Waals surface area contributed by atoms with Gasteiger partial charge in [0.1, 0.15) is 23.4 Å². The van der Waals surface area contributed by atoms with Crippen molar-refractivity contribution in [2.45, 2.75) is 64.1 Å². The van der Waals surface area contributed by atoms with Crippen molar-refractivity contribution >= 4 is 11.5 Å². The zero-order valence-electron chi connectivity index (χ0n) is 17.5. The van der Waals surface area contributed by atoms with Crippen molar-refractivity contribution in [3.05, 3.63) is 54.1 Å². The molecular weight excluding hydrogens is 362 g/mol. The van der Waals surface area contributed by atoms with Gasteiger partial charge < -0.3 is 19.2 Å². The molecule has 2 aromatic carbocycles. The van der Waals surface area contributed by atoms with Crippen LogP contribution in [0.3, 0.4) is 0 Å². The van der Waals surface area contributed by atoms with Crippen LogP contribution in [0.4, 0.5) is 5.69 Å². The minimum Gasteiger partial charge on any atom is -0.490 e. The largest absolute Gasteiger partial charge is 0.490 e. The predicted molar refractivity (Wildman–Crippen MR) is 116 cm³/mol. The van der Waals surface area contributed by atoms with E-state index in [1.165, 1.54) is 36.9 Å². The highest BCUT2D eigenvalue weighted by atomic mass is 16.5. The fourth-order valence-corrected chi connectivity index (χ4v) is 4.29. The number of ether oxygens (including phenoxy) is 2. The smallest absolute Gasteiger partial charge is 0.133 e. The molecule has 0 amide bonds. The van der Waals surface area contributed by atoms with Crippen molar-refractivity contribution in [3.8, 4) is 11.5 Å². The highest BCUT2D eigenvalue weighted by Crippen LogP contribution is 2.30. The Morgan fingerprint density at radius 2 is 1.69 bits per heavy atom. The number of benzene rings is 2. The summed E-state index contributed by atoms with van der Waals surface area (Å²) in [4.78, 5) is 13.6. The van der Waals surface area contributed by atoms with Gasteiger partial charge in [0, 0.05) is 18.2 Å². The van der Waals surface area contributed by atoms with Crippen LogP contribution in [0.25, 0.3) is 0 Å². The topological polar surface area (TPSA) is 38.8 Å². The zero-order chi connectivity index (χ0) is 20.2. The molecule has 2 aromatic rings. The summed E-state index contributed by atoms with van der Waals surface area (Å²) in [5, 5.41) is 0. The molecule has 29 heavy (non-hydrogen) atoms. The van der Waals surface area contributed by atoms with Crippen LogP contribution in [0.1, 0.15) is 57.4 Å². The lowest BCUT2D eigenvalue weighted by Crippen LogP contribution is -2.54. The third-order valence-electron chi connectivity index (χ3n) is 5.98. The van der Waals surface area contributed by atoms with E-state index in [-0.39, 0.29) is 17.8 Å². The van der Waals surface area contributed by atoms with Gasteiger partial charge >= 0.3 is 0 Å². The molecule has 1 atom stereocenters. The van der Waals surface area contributed by atoms with Crippen molar-refractivity contribution in [1.82, 2.24) is 0 Å². The van der Waals surface area contributed by atoms with E-state index in [9.17, 15) is 4.79 Å². The van der Waals surface area contributed by atoms with E-state index in [1.807, 2.05) is 12.1 Å². The number of Topliss-reactive ketones (excluding diaryl/α,β-unsaturated/α-hetero) is 1. The Kier molecular flexibility index (Phi) is 6.08. The van der Waals surface area contributed by atoms with Crippen LogP contribution in [0, 0.1) is 0 Å². The Morgan fingerprint density at radius 3 is 2.38 bits per heavy atom. The normalized spacial score (nSPS) is 18.3. The second-order valence-electron chi connectivity index (χ2n) is 8.54. The van der Waals surface area contributed by atoms with E-state index in [0.29, 0.717) is 12.5 Å². The Labute approximate surface area is 173 Å². The van der Waals surface area contributed by atoms with E-state index < -0.39 is 0 Å². The number of hydrogen-bond acceptors (Lipinski definition) is 4. The van der Waals surface area contributed by atoms with Crippen LogP contribution in [-0.4, -0.2) is 31.1 Å². The summed E-state index contributed by atoms with van der Waals surface area (Å²) in [6.45, 7) is 5.50. The van der Waals surface area contributed by atoms with Crippen molar-refractivity contribution in [1.29, 1.82) is 0 Å². The summed E-state index contributed by atoms with van der Waals surface area (Å²) in [7, 11) is 0. The van der Waals surface area contributed by atoms with Crippen LogP contribution in [-0.2, 0) is 4.79 Å². The molecule has 0 spiro atoms. The number of anilines is 1. The lowest BCUT2D eigenvalue weighted by atomic mass is 9.96. The minimum absolute atomic E-state index is 0.204. The molecule has 0 bridgehead atoms. The molecule has 0 aromatic heterocycles. The summed E-state index contributed by atoms with van der Waals surface area (Å²) >= 11 is 0. The molecule has 1 saturated heterocycles. The molecule has 1 saturated carbocycles. The summed E-state index contributed by atoms with van der Waals surface area (Å²) < 4.78 is 12.2. The monoisotopic (exact) mass is 393 g/mol. The molecule has 0 N–H and O–H groups in total. The molecular formula is C25H31NO3. The maximum absolute atomic E-state index is 11.3. The number of rotatable bonds is 8. The first-order chi connectivity index (χ1) is 14.1. The van der Waals surface area contributed by atoms with Gasteiger partial charge in [-0.15, -0.1) is 0 Å². The number of nitrogens with zero attached hydrogens (tertiary/aromatic N) is 1.